The molecule has 60 valence electrons. The molecule has 0 aliphatic carbocycles. The Hall–Kier alpha value is 0.150. The van der Waals surface area contributed by atoms with Crippen LogP contribution in [0.5, 0.6) is 0 Å². The van der Waals surface area contributed by atoms with Crippen LogP contribution in [0.25, 0.3) is 0 Å². The summed E-state index contributed by atoms with van der Waals surface area (Å²) in [5.41, 5.74) is 0.992. The van der Waals surface area contributed by atoms with E-state index in [0.717, 1.165) is 27.8 Å². The fourth-order valence-electron chi connectivity index (χ4n) is 0.883. The Balaban J connectivity index is 3.00. The minimum absolute atomic E-state index is 0.728. The minimum atomic E-state index is 0.728. The zero-order chi connectivity index (χ0) is 8.27. The van der Waals surface area contributed by atoms with Gasteiger partial charge in [-0.15, -0.1) is 0 Å². The van der Waals surface area contributed by atoms with Crippen molar-refractivity contribution in [3.05, 3.63) is 33.8 Å². The molecule has 0 N–H and O–H groups in total. The Kier molecular flexibility index (Phi) is 3.57. The summed E-state index contributed by atoms with van der Waals surface area (Å²) in [4.78, 5) is 0. The molecule has 0 amide bonds. The lowest BCUT2D eigenvalue weighted by Crippen LogP contribution is -1.88. The first-order valence-corrected chi connectivity index (χ1v) is 4.68. The molecule has 0 bridgehead atoms. The molecule has 0 aromatic heterocycles. The quantitative estimate of drug-likeness (QED) is 0.705. The smallest absolute Gasteiger partial charge is 0.0453 e. The van der Waals surface area contributed by atoms with Gasteiger partial charge in [0.1, 0.15) is 0 Å². The molecule has 3 heteroatoms. The van der Waals surface area contributed by atoms with E-state index in [1.165, 1.54) is 0 Å². The first-order chi connectivity index (χ1) is 5.25. The molecule has 0 aliphatic rings. The fourth-order valence-corrected chi connectivity index (χ4v) is 1.69. The number of halogens is 2. The van der Waals surface area contributed by atoms with Gasteiger partial charge in [0.2, 0.25) is 0 Å². The number of thiol groups is 1. The van der Waals surface area contributed by atoms with E-state index in [1.54, 1.807) is 0 Å². The minimum Gasteiger partial charge on any atom is -0.179 e. The van der Waals surface area contributed by atoms with Crippen LogP contribution in [0, 0.1) is 0 Å². The SMILES string of the molecule is SCCc1c(Cl)cccc1Cl. The van der Waals surface area contributed by atoms with Crippen LogP contribution in [0.4, 0.5) is 0 Å². The van der Waals surface area contributed by atoms with E-state index in [4.69, 9.17) is 23.2 Å². The van der Waals surface area contributed by atoms with E-state index >= 15 is 0 Å². The zero-order valence-electron chi connectivity index (χ0n) is 5.85. The molecule has 0 aliphatic heterocycles. The lowest BCUT2D eigenvalue weighted by atomic mass is 10.2. The normalized spacial score (nSPS) is 10.1. The topological polar surface area (TPSA) is 0 Å². The van der Waals surface area contributed by atoms with E-state index in [0.29, 0.717) is 0 Å². The molecule has 0 atom stereocenters. The molecule has 11 heavy (non-hydrogen) atoms. The second-order valence-electron chi connectivity index (χ2n) is 2.17. The first-order valence-electron chi connectivity index (χ1n) is 3.29. The Morgan fingerprint density at radius 1 is 1.18 bits per heavy atom. The fraction of sp³-hybridized carbons (Fsp3) is 0.250. The summed E-state index contributed by atoms with van der Waals surface area (Å²) in [5, 5.41) is 1.46. The lowest BCUT2D eigenvalue weighted by Gasteiger charge is -2.03. The maximum atomic E-state index is 5.89. The molecule has 0 spiro atoms. The summed E-state index contributed by atoms with van der Waals surface area (Å²) in [6.07, 6.45) is 0.821. The molecule has 0 heterocycles. The van der Waals surface area contributed by atoms with Crippen molar-refractivity contribution in [3.63, 3.8) is 0 Å². The van der Waals surface area contributed by atoms with Gasteiger partial charge in [-0.2, -0.15) is 12.6 Å². The Labute approximate surface area is 81.9 Å². The van der Waals surface area contributed by atoms with Crippen molar-refractivity contribution in [1.29, 1.82) is 0 Å². The average Bonchev–Trinajstić information content (AvgIpc) is 1.97. The van der Waals surface area contributed by atoms with Crippen molar-refractivity contribution in [2.24, 2.45) is 0 Å². The zero-order valence-corrected chi connectivity index (χ0v) is 8.26. The molecule has 0 saturated heterocycles. The van der Waals surface area contributed by atoms with Gasteiger partial charge >= 0.3 is 0 Å². The van der Waals surface area contributed by atoms with E-state index in [2.05, 4.69) is 12.6 Å². The summed E-state index contributed by atoms with van der Waals surface area (Å²) in [6.45, 7) is 0. The van der Waals surface area contributed by atoms with Gasteiger partial charge in [0.15, 0.2) is 0 Å². The van der Waals surface area contributed by atoms with Crippen molar-refractivity contribution in [1.82, 2.24) is 0 Å². The Bertz CT molecular complexity index is 228. The molecule has 0 fully saturated rings. The summed E-state index contributed by atoms with van der Waals surface area (Å²) in [5.74, 6) is 0.767. The predicted molar refractivity (Wildman–Crippen MR) is 54.0 cm³/mol. The monoisotopic (exact) mass is 206 g/mol. The summed E-state index contributed by atoms with van der Waals surface area (Å²) in [7, 11) is 0. The van der Waals surface area contributed by atoms with Crippen molar-refractivity contribution >= 4 is 35.8 Å². The molecule has 0 radical (unpaired) electrons. The average molecular weight is 207 g/mol. The molecule has 0 unspecified atom stereocenters. The van der Waals surface area contributed by atoms with Gasteiger partial charge in [-0.05, 0) is 29.9 Å². The van der Waals surface area contributed by atoms with Crippen molar-refractivity contribution in [3.8, 4) is 0 Å². The largest absolute Gasteiger partial charge is 0.179 e. The van der Waals surface area contributed by atoms with Crippen LogP contribution < -0.4 is 0 Å². The highest BCUT2D eigenvalue weighted by molar-refractivity contribution is 7.80. The molecule has 1 aromatic rings. The van der Waals surface area contributed by atoms with Gasteiger partial charge in [-0.25, -0.2) is 0 Å². The maximum absolute atomic E-state index is 5.89. The summed E-state index contributed by atoms with van der Waals surface area (Å²) < 4.78 is 0. The molecular weight excluding hydrogens is 199 g/mol. The molecule has 0 nitrogen and oxygen atoms in total. The third kappa shape index (κ3) is 2.29. The van der Waals surface area contributed by atoms with Crippen molar-refractivity contribution < 1.29 is 0 Å². The number of hydrogen-bond acceptors (Lipinski definition) is 1. The van der Waals surface area contributed by atoms with Crippen molar-refractivity contribution in [2.45, 2.75) is 6.42 Å². The van der Waals surface area contributed by atoms with Gasteiger partial charge in [-0.3, -0.25) is 0 Å². The Morgan fingerprint density at radius 3 is 2.18 bits per heavy atom. The van der Waals surface area contributed by atoms with Gasteiger partial charge < -0.3 is 0 Å². The van der Waals surface area contributed by atoms with Gasteiger partial charge in [-0.1, -0.05) is 29.3 Å². The molecule has 1 rings (SSSR count). The highest BCUT2D eigenvalue weighted by atomic mass is 35.5. The Morgan fingerprint density at radius 2 is 1.73 bits per heavy atom. The van der Waals surface area contributed by atoms with Crippen LogP contribution in [-0.2, 0) is 6.42 Å². The second kappa shape index (κ2) is 4.24. The third-order valence-electron chi connectivity index (χ3n) is 1.42. The van der Waals surface area contributed by atoms with E-state index in [1.807, 2.05) is 18.2 Å². The summed E-state index contributed by atoms with van der Waals surface area (Å²) in [6, 6.07) is 5.52. The van der Waals surface area contributed by atoms with Crippen LogP contribution in [0.2, 0.25) is 10.0 Å². The number of rotatable bonds is 2. The third-order valence-corrected chi connectivity index (χ3v) is 2.36. The molecular formula is C8H8Cl2S. The second-order valence-corrected chi connectivity index (χ2v) is 3.44. The van der Waals surface area contributed by atoms with E-state index in [9.17, 15) is 0 Å². The van der Waals surface area contributed by atoms with E-state index in [-0.39, 0.29) is 0 Å². The van der Waals surface area contributed by atoms with Crippen LogP contribution in [0.1, 0.15) is 5.56 Å². The van der Waals surface area contributed by atoms with Crippen LogP contribution in [-0.4, -0.2) is 5.75 Å². The van der Waals surface area contributed by atoms with Gasteiger partial charge in [0.05, 0.1) is 0 Å². The number of hydrogen-bond donors (Lipinski definition) is 1. The molecule has 1 aromatic carbocycles. The predicted octanol–water partition coefficient (Wildman–Crippen LogP) is 3.47. The lowest BCUT2D eigenvalue weighted by molar-refractivity contribution is 1.16. The molecule has 0 saturated carbocycles. The van der Waals surface area contributed by atoms with Gasteiger partial charge in [0.25, 0.3) is 0 Å². The van der Waals surface area contributed by atoms with Crippen molar-refractivity contribution in [2.75, 3.05) is 5.75 Å². The van der Waals surface area contributed by atoms with E-state index < -0.39 is 0 Å². The number of benzene rings is 1. The van der Waals surface area contributed by atoms with Crippen LogP contribution in [0.3, 0.4) is 0 Å². The standard InChI is InChI=1S/C8H8Cl2S/c9-7-2-1-3-8(10)6(7)4-5-11/h1-3,11H,4-5H2. The van der Waals surface area contributed by atoms with Crippen LogP contribution in [0.15, 0.2) is 18.2 Å². The van der Waals surface area contributed by atoms with Crippen LogP contribution >= 0.6 is 35.8 Å². The first kappa shape index (κ1) is 9.24. The maximum Gasteiger partial charge on any atom is 0.0453 e. The highest BCUT2D eigenvalue weighted by Gasteiger charge is 2.02. The summed E-state index contributed by atoms with van der Waals surface area (Å²) >= 11 is 15.9. The highest BCUT2D eigenvalue weighted by Crippen LogP contribution is 2.24. The van der Waals surface area contributed by atoms with Gasteiger partial charge in [0, 0.05) is 10.0 Å².